The van der Waals surface area contributed by atoms with E-state index in [9.17, 15) is 5.11 Å². The fourth-order valence-electron chi connectivity index (χ4n) is 5.33. The van der Waals surface area contributed by atoms with Crippen molar-refractivity contribution in [2.75, 3.05) is 19.7 Å². The number of aliphatic hydroxyl groups excluding tert-OH is 1. The normalized spacial score (nSPS) is 35.2. The van der Waals surface area contributed by atoms with Gasteiger partial charge in [0.05, 0.1) is 27.9 Å². The zero-order chi connectivity index (χ0) is 16.5. The van der Waals surface area contributed by atoms with E-state index in [1.54, 1.807) is 0 Å². The highest BCUT2D eigenvalue weighted by Crippen LogP contribution is 2.54. The number of likely N-dealkylation sites (tertiary alicyclic amines) is 1. The first kappa shape index (κ1) is 15.1. The Morgan fingerprint density at radius 2 is 2.33 bits per heavy atom. The molecule has 1 aromatic heterocycles. The van der Waals surface area contributed by atoms with E-state index in [2.05, 4.69) is 11.0 Å². The molecule has 2 bridgehead atoms. The van der Waals surface area contributed by atoms with E-state index < -0.39 is 0 Å². The van der Waals surface area contributed by atoms with Crippen molar-refractivity contribution in [3.63, 3.8) is 0 Å². The molecule has 3 aliphatic heterocycles. The zero-order valence-corrected chi connectivity index (χ0v) is 14.5. The minimum Gasteiger partial charge on any atom is -0.396 e. The molecular weight excluding hydrogens is 326 g/mol. The van der Waals surface area contributed by atoms with E-state index in [4.69, 9.17) is 21.4 Å². The highest BCUT2D eigenvalue weighted by Gasteiger charge is 2.62. The van der Waals surface area contributed by atoms with Crippen LogP contribution < -0.4 is 0 Å². The summed E-state index contributed by atoms with van der Waals surface area (Å²) in [6, 6.07) is 5.95. The molecule has 4 atom stereocenters. The van der Waals surface area contributed by atoms with Crippen molar-refractivity contribution in [1.29, 1.82) is 0 Å². The molecule has 0 unspecified atom stereocenters. The number of benzene rings is 1. The van der Waals surface area contributed by atoms with Crippen LogP contribution in [0.15, 0.2) is 18.2 Å². The number of fused-ring (bicyclic) bond motifs is 2. The van der Waals surface area contributed by atoms with Gasteiger partial charge in [-0.2, -0.15) is 5.10 Å². The average Bonchev–Trinajstić information content (AvgIpc) is 3.26. The van der Waals surface area contributed by atoms with Crippen molar-refractivity contribution in [2.24, 2.45) is 18.9 Å². The maximum Gasteiger partial charge on any atom is 0.0858 e. The van der Waals surface area contributed by atoms with Crippen LogP contribution >= 0.6 is 11.6 Å². The molecule has 5 rings (SSSR count). The Hall–Kier alpha value is -1.14. The van der Waals surface area contributed by atoms with Crippen LogP contribution in [0, 0.1) is 11.8 Å². The molecule has 24 heavy (non-hydrogen) atoms. The minimum absolute atomic E-state index is 0.0353. The standard InChI is InChI=1S/C18H22ClN3O2/c1-21-15-4-2-3-13(19)17(15)14(20-21)8-22-7-12-11(9-23)16-5-6-18(12,10-22)24-16/h2-4,11-12,16,23H,5-10H2,1H3/t11-,12+,16+,18+/m0/s1. The third-order valence-electron chi connectivity index (χ3n) is 6.34. The van der Waals surface area contributed by atoms with E-state index in [0.717, 1.165) is 54.1 Å². The Balaban J connectivity index is 1.44. The summed E-state index contributed by atoms with van der Waals surface area (Å²) >= 11 is 6.43. The van der Waals surface area contributed by atoms with Gasteiger partial charge in [0.1, 0.15) is 0 Å². The van der Waals surface area contributed by atoms with Crippen molar-refractivity contribution in [3.8, 4) is 0 Å². The van der Waals surface area contributed by atoms with Gasteiger partial charge in [-0.15, -0.1) is 0 Å². The molecular formula is C18H22ClN3O2. The van der Waals surface area contributed by atoms with Crippen LogP contribution in [0.3, 0.4) is 0 Å². The Labute approximate surface area is 146 Å². The minimum atomic E-state index is -0.0353. The van der Waals surface area contributed by atoms with Crippen LogP contribution in [-0.2, 0) is 18.3 Å². The van der Waals surface area contributed by atoms with Crippen LogP contribution in [0.25, 0.3) is 10.9 Å². The molecule has 128 valence electrons. The molecule has 6 heteroatoms. The number of aromatic nitrogens is 2. The van der Waals surface area contributed by atoms with Gasteiger partial charge in [-0.25, -0.2) is 0 Å². The van der Waals surface area contributed by atoms with Crippen LogP contribution in [0.4, 0.5) is 0 Å². The largest absolute Gasteiger partial charge is 0.396 e. The van der Waals surface area contributed by atoms with Gasteiger partial charge in [0.2, 0.25) is 0 Å². The first-order valence-electron chi connectivity index (χ1n) is 8.72. The van der Waals surface area contributed by atoms with Gasteiger partial charge >= 0.3 is 0 Å². The Morgan fingerprint density at radius 3 is 3.17 bits per heavy atom. The summed E-state index contributed by atoms with van der Waals surface area (Å²) in [5.74, 6) is 0.750. The lowest BCUT2D eigenvalue weighted by Gasteiger charge is -2.28. The van der Waals surface area contributed by atoms with E-state index in [-0.39, 0.29) is 18.3 Å². The second kappa shape index (κ2) is 5.18. The first-order chi connectivity index (χ1) is 11.6. The molecule has 2 aromatic rings. The maximum absolute atomic E-state index is 9.76. The highest BCUT2D eigenvalue weighted by molar-refractivity contribution is 6.35. The fourth-order valence-corrected chi connectivity index (χ4v) is 5.61. The van der Waals surface area contributed by atoms with Crippen LogP contribution in [-0.4, -0.2) is 51.2 Å². The lowest BCUT2D eigenvalue weighted by Crippen LogP contribution is -2.37. The molecule has 5 nitrogen and oxygen atoms in total. The van der Waals surface area contributed by atoms with Gasteiger partial charge in [-0.3, -0.25) is 9.58 Å². The maximum atomic E-state index is 9.76. The molecule has 3 fully saturated rings. The van der Waals surface area contributed by atoms with Gasteiger partial charge in [0, 0.05) is 50.5 Å². The van der Waals surface area contributed by atoms with Gasteiger partial charge in [-0.05, 0) is 25.0 Å². The van der Waals surface area contributed by atoms with Crippen LogP contribution in [0.2, 0.25) is 5.02 Å². The van der Waals surface area contributed by atoms with Crippen LogP contribution in [0.1, 0.15) is 18.5 Å². The topological polar surface area (TPSA) is 50.5 Å². The number of nitrogens with zero attached hydrogens (tertiary/aromatic N) is 3. The second-order valence-corrected chi connectivity index (χ2v) is 7.99. The second-order valence-electron chi connectivity index (χ2n) is 7.59. The van der Waals surface area contributed by atoms with Crippen molar-refractivity contribution in [1.82, 2.24) is 14.7 Å². The summed E-state index contributed by atoms with van der Waals surface area (Å²) in [6.45, 7) is 2.94. The number of hydrogen-bond acceptors (Lipinski definition) is 4. The van der Waals surface area contributed by atoms with E-state index in [0.29, 0.717) is 11.8 Å². The summed E-state index contributed by atoms with van der Waals surface area (Å²) < 4.78 is 8.23. The number of halogens is 1. The smallest absolute Gasteiger partial charge is 0.0858 e. The number of aliphatic hydroxyl groups is 1. The van der Waals surface area contributed by atoms with E-state index in [1.165, 1.54) is 0 Å². The molecule has 1 N–H and O–H groups in total. The Kier molecular flexibility index (Phi) is 3.27. The predicted octanol–water partition coefficient (Wildman–Crippen LogP) is 2.20. The monoisotopic (exact) mass is 347 g/mol. The summed E-state index contributed by atoms with van der Waals surface area (Å²) in [5.41, 5.74) is 2.07. The van der Waals surface area contributed by atoms with Crippen LogP contribution in [0.5, 0.6) is 0 Å². The zero-order valence-electron chi connectivity index (χ0n) is 13.8. The molecule has 0 amide bonds. The lowest BCUT2D eigenvalue weighted by atomic mass is 9.74. The summed E-state index contributed by atoms with van der Waals surface area (Å²) in [6.07, 6.45) is 2.49. The van der Waals surface area contributed by atoms with E-state index >= 15 is 0 Å². The summed E-state index contributed by atoms with van der Waals surface area (Å²) in [7, 11) is 1.96. The molecule has 1 spiro atoms. The first-order valence-corrected chi connectivity index (χ1v) is 9.10. The molecule has 3 saturated heterocycles. The highest BCUT2D eigenvalue weighted by atomic mass is 35.5. The molecule has 0 saturated carbocycles. The lowest BCUT2D eigenvalue weighted by molar-refractivity contribution is 0.000311. The Morgan fingerprint density at radius 1 is 1.46 bits per heavy atom. The molecule has 3 aliphatic rings. The van der Waals surface area contributed by atoms with Crippen molar-refractivity contribution in [3.05, 3.63) is 28.9 Å². The number of rotatable bonds is 3. The van der Waals surface area contributed by atoms with Crippen molar-refractivity contribution < 1.29 is 9.84 Å². The quantitative estimate of drug-likeness (QED) is 0.924. The fraction of sp³-hybridized carbons (Fsp3) is 0.611. The third kappa shape index (κ3) is 1.96. The molecule has 4 heterocycles. The average molecular weight is 348 g/mol. The van der Waals surface area contributed by atoms with Gasteiger partial charge in [0.15, 0.2) is 0 Å². The van der Waals surface area contributed by atoms with Crippen molar-refractivity contribution in [2.45, 2.75) is 31.1 Å². The van der Waals surface area contributed by atoms with E-state index in [1.807, 2.05) is 23.9 Å². The summed E-state index contributed by atoms with van der Waals surface area (Å²) in [5, 5.41) is 16.3. The van der Waals surface area contributed by atoms with Gasteiger partial charge in [0.25, 0.3) is 0 Å². The predicted molar refractivity (Wildman–Crippen MR) is 91.9 cm³/mol. The number of aryl methyl sites for hydroxylation is 1. The van der Waals surface area contributed by atoms with Gasteiger partial charge < -0.3 is 9.84 Å². The number of ether oxygens (including phenoxy) is 1. The third-order valence-corrected chi connectivity index (χ3v) is 6.65. The molecule has 1 aromatic carbocycles. The SMILES string of the molecule is Cn1nc(CN2C[C@@H]3[C@H](CO)[C@H]4CC[C@]3(C2)O4)c2c(Cl)cccc21. The Bertz CT molecular complexity index is 807. The number of hydrogen-bond donors (Lipinski definition) is 1. The summed E-state index contributed by atoms with van der Waals surface area (Å²) in [4.78, 5) is 2.43. The van der Waals surface area contributed by atoms with Crippen molar-refractivity contribution >= 4 is 22.5 Å². The van der Waals surface area contributed by atoms with Gasteiger partial charge in [-0.1, -0.05) is 17.7 Å². The molecule has 0 radical (unpaired) electrons. The molecule has 0 aliphatic carbocycles.